The molecule has 2 rings (SSSR count). The van der Waals surface area contributed by atoms with E-state index in [0.29, 0.717) is 12.5 Å². The highest BCUT2D eigenvalue weighted by Gasteiger charge is 2.14. The number of hydrogen-bond acceptors (Lipinski definition) is 1. The van der Waals surface area contributed by atoms with Crippen LogP contribution in [0.4, 0.5) is 0 Å². The minimum atomic E-state index is 0.143. The molecule has 1 aromatic rings. The molecule has 0 heterocycles. The third kappa shape index (κ3) is 5.58. The molecule has 1 aromatic carbocycles. The van der Waals surface area contributed by atoms with Gasteiger partial charge in [-0.05, 0) is 30.9 Å². The Kier molecular flexibility index (Phi) is 6.26. The van der Waals surface area contributed by atoms with E-state index in [2.05, 4.69) is 30.4 Å². The van der Waals surface area contributed by atoms with Gasteiger partial charge in [-0.2, -0.15) is 0 Å². The highest BCUT2D eigenvalue weighted by atomic mass is 16.1. The van der Waals surface area contributed by atoms with Crippen LogP contribution in [0.25, 0.3) is 5.57 Å². The predicted octanol–water partition coefficient (Wildman–Crippen LogP) is 4.49. The Morgan fingerprint density at radius 1 is 1.19 bits per heavy atom. The second-order valence-corrected chi connectivity index (χ2v) is 5.75. The van der Waals surface area contributed by atoms with Gasteiger partial charge in [0.05, 0.1) is 0 Å². The fraction of sp³-hybridized carbons (Fsp3) is 0.421. The van der Waals surface area contributed by atoms with Crippen LogP contribution in [0.1, 0.15) is 51.0 Å². The van der Waals surface area contributed by atoms with E-state index in [0.717, 1.165) is 12.8 Å². The second kappa shape index (κ2) is 8.46. The van der Waals surface area contributed by atoms with Crippen LogP contribution in [0.5, 0.6) is 0 Å². The molecule has 112 valence electrons. The number of nitrogens with one attached hydrogen (secondary N) is 1. The molecule has 0 atom stereocenters. The first-order valence-corrected chi connectivity index (χ1v) is 7.94. The van der Waals surface area contributed by atoms with Crippen LogP contribution in [0.3, 0.4) is 0 Å². The van der Waals surface area contributed by atoms with Crippen LogP contribution in [0.15, 0.2) is 48.6 Å². The average Bonchev–Trinajstić information content (AvgIpc) is 2.53. The van der Waals surface area contributed by atoms with Crippen molar-refractivity contribution in [2.24, 2.45) is 0 Å². The van der Waals surface area contributed by atoms with Crippen LogP contribution in [0.2, 0.25) is 0 Å². The summed E-state index contributed by atoms with van der Waals surface area (Å²) in [5.41, 5.74) is 2.42. The van der Waals surface area contributed by atoms with E-state index in [-0.39, 0.29) is 5.91 Å². The molecule has 0 saturated heterocycles. The molecule has 0 spiro atoms. The van der Waals surface area contributed by atoms with Gasteiger partial charge in [0.2, 0.25) is 5.91 Å². The number of hydrogen-bond donors (Lipinski definition) is 1. The zero-order valence-corrected chi connectivity index (χ0v) is 12.8. The van der Waals surface area contributed by atoms with E-state index in [9.17, 15) is 4.79 Å². The Morgan fingerprint density at radius 2 is 1.90 bits per heavy atom. The van der Waals surface area contributed by atoms with Crippen molar-refractivity contribution in [3.63, 3.8) is 0 Å². The summed E-state index contributed by atoms with van der Waals surface area (Å²) in [6.45, 7) is 2.09. The Bertz CT molecular complexity index is 496. The summed E-state index contributed by atoms with van der Waals surface area (Å²) in [6, 6.07) is 10.7. The molecule has 0 radical (unpaired) electrons. The third-order valence-corrected chi connectivity index (χ3v) is 3.98. The monoisotopic (exact) mass is 283 g/mol. The van der Waals surface area contributed by atoms with Crippen LogP contribution in [-0.4, -0.2) is 11.9 Å². The molecule has 1 fully saturated rings. The Morgan fingerprint density at radius 3 is 2.62 bits per heavy atom. The normalized spacial score (nSPS) is 17.1. The van der Waals surface area contributed by atoms with Crippen molar-refractivity contribution in [2.45, 2.75) is 51.5 Å². The second-order valence-electron chi connectivity index (χ2n) is 5.75. The summed E-state index contributed by atoms with van der Waals surface area (Å²) in [4.78, 5) is 11.8. The largest absolute Gasteiger partial charge is 0.353 e. The van der Waals surface area contributed by atoms with Crippen LogP contribution in [-0.2, 0) is 4.79 Å². The fourth-order valence-corrected chi connectivity index (χ4v) is 2.72. The maximum atomic E-state index is 11.8. The number of amides is 1. The number of allylic oxidation sites excluding steroid dienone is 3. The van der Waals surface area contributed by atoms with Crippen LogP contribution in [0, 0.1) is 0 Å². The maximum absolute atomic E-state index is 11.8. The zero-order chi connectivity index (χ0) is 14.9. The van der Waals surface area contributed by atoms with E-state index in [1.54, 1.807) is 0 Å². The topological polar surface area (TPSA) is 29.1 Å². The molecule has 1 saturated carbocycles. The lowest BCUT2D eigenvalue weighted by Crippen LogP contribution is -2.35. The van der Waals surface area contributed by atoms with Gasteiger partial charge in [-0.25, -0.2) is 0 Å². The molecule has 0 aliphatic heterocycles. The van der Waals surface area contributed by atoms with Crippen molar-refractivity contribution in [3.05, 3.63) is 54.1 Å². The van der Waals surface area contributed by atoms with Gasteiger partial charge in [0.15, 0.2) is 0 Å². The molecule has 1 N–H and O–H groups in total. The van der Waals surface area contributed by atoms with Crippen molar-refractivity contribution in [3.8, 4) is 0 Å². The van der Waals surface area contributed by atoms with Gasteiger partial charge in [0.1, 0.15) is 0 Å². The fourth-order valence-electron chi connectivity index (χ4n) is 2.72. The van der Waals surface area contributed by atoms with Crippen molar-refractivity contribution < 1.29 is 4.79 Å². The smallest absolute Gasteiger partial charge is 0.224 e. The molecule has 0 unspecified atom stereocenters. The lowest BCUT2D eigenvalue weighted by Gasteiger charge is -2.22. The van der Waals surface area contributed by atoms with Crippen molar-refractivity contribution in [1.82, 2.24) is 5.32 Å². The van der Waals surface area contributed by atoms with E-state index >= 15 is 0 Å². The van der Waals surface area contributed by atoms with Gasteiger partial charge in [0.25, 0.3) is 0 Å². The molecule has 0 bridgehead atoms. The third-order valence-electron chi connectivity index (χ3n) is 3.98. The summed E-state index contributed by atoms with van der Waals surface area (Å²) >= 11 is 0. The van der Waals surface area contributed by atoms with Gasteiger partial charge in [-0.1, -0.05) is 67.8 Å². The first-order valence-electron chi connectivity index (χ1n) is 7.94. The van der Waals surface area contributed by atoms with Gasteiger partial charge < -0.3 is 5.32 Å². The summed E-state index contributed by atoms with van der Waals surface area (Å²) in [5.74, 6) is 0.143. The lowest BCUT2D eigenvalue weighted by molar-refractivity contribution is -0.121. The first-order chi connectivity index (χ1) is 10.3. The van der Waals surface area contributed by atoms with E-state index in [1.807, 2.05) is 30.4 Å². The highest BCUT2D eigenvalue weighted by molar-refractivity contribution is 5.78. The van der Waals surface area contributed by atoms with E-state index < -0.39 is 0 Å². The predicted molar refractivity (Wildman–Crippen MR) is 88.9 cm³/mol. The molecule has 2 heteroatoms. The van der Waals surface area contributed by atoms with Crippen LogP contribution >= 0.6 is 0 Å². The number of benzene rings is 1. The molecule has 0 aromatic heterocycles. The number of carbonyl (C=O) groups excluding carboxylic acids is 1. The lowest BCUT2D eigenvalue weighted by atomic mass is 9.95. The van der Waals surface area contributed by atoms with Crippen LogP contribution < -0.4 is 5.32 Å². The quantitative estimate of drug-likeness (QED) is 0.793. The number of rotatable bonds is 5. The van der Waals surface area contributed by atoms with E-state index in [1.165, 1.54) is 30.4 Å². The Balaban J connectivity index is 1.75. The van der Waals surface area contributed by atoms with Crippen molar-refractivity contribution >= 4 is 11.5 Å². The summed E-state index contributed by atoms with van der Waals surface area (Å²) in [6.07, 6.45) is 12.5. The molecule has 2 nitrogen and oxygen atoms in total. The van der Waals surface area contributed by atoms with Crippen molar-refractivity contribution in [2.75, 3.05) is 0 Å². The van der Waals surface area contributed by atoms with Gasteiger partial charge in [0, 0.05) is 12.5 Å². The van der Waals surface area contributed by atoms with Gasteiger partial charge in [-0.15, -0.1) is 0 Å². The van der Waals surface area contributed by atoms with Gasteiger partial charge in [-0.3, -0.25) is 4.79 Å². The maximum Gasteiger partial charge on any atom is 0.224 e. The molecule has 21 heavy (non-hydrogen) atoms. The molecular formula is C19H25NO. The molecule has 1 aliphatic carbocycles. The summed E-state index contributed by atoms with van der Waals surface area (Å²) in [5, 5.41) is 3.13. The first kappa shape index (κ1) is 15.6. The molecular weight excluding hydrogens is 258 g/mol. The average molecular weight is 283 g/mol. The molecule has 1 aliphatic rings. The van der Waals surface area contributed by atoms with Crippen molar-refractivity contribution in [1.29, 1.82) is 0 Å². The highest BCUT2D eigenvalue weighted by Crippen LogP contribution is 2.17. The summed E-state index contributed by atoms with van der Waals surface area (Å²) < 4.78 is 0. The Labute approximate surface area is 128 Å². The SMILES string of the molecule is C/C(=C\C=C/CC(=O)NC1CCCCC1)c1ccccc1. The molecule has 1 amide bonds. The van der Waals surface area contributed by atoms with Gasteiger partial charge >= 0.3 is 0 Å². The minimum Gasteiger partial charge on any atom is -0.353 e. The Hall–Kier alpha value is -1.83. The van der Waals surface area contributed by atoms with E-state index in [4.69, 9.17) is 0 Å². The summed E-state index contributed by atoms with van der Waals surface area (Å²) in [7, 11) is 0. The minimum absolute atomic E-state index is 0.143. The zero-order valence-electron chi connectivity index (χ0n) is 12.8. The number of carbonyl (C=O) groups is 1. The standard InChI is InChI=1S/C19H25NO/c1-16(17-11-4-2-5-12-17)10-8-9-15-19(21)20-18-13-6-3-7-14-18/h2,4-5,8-12,18H,3,6-7,13-15H2,1H3,(H,20,21)/b9-8-,16-10+.